The Labute approximate surface area is 151 Å². The Bertz CT molecular complexity index is 950. The van der Waals surface area contributed by atoms with Gasteiger partial charge in [-0.3, -0.25) is 4.79 Å². The highest BCUT2D eigenvalue weighted by atomic mass is 16.5. The maximum absolute atomic E-state index is 12.3. The largest absolute Gasteiger partial charge is 0.496 e. The zero-order valence-electron chi connectivity index (χ0n) is 15.1. The van der Waals surface area contributed by atoms with E-state index in [1.54, 1.807) is 11.6 Å². The summed E-state index contributed by atoms with van der Waals surface area (Å²) >= 11 is 0. The number of nitrogens with one attached hydrogen (secondary N) is 1. The number of hydrogen-bond acceptors (Lipinski definition) is 6. The van der Waals surface area contributed by atoms with Gasteiger partial charge in [-0.25, -0.2) is 4.98 Å². The fourth-order valence-electron chi connectivity index (χ4n) is 2.96. The third-order valence-electron chi connectivity index (χ3n) is 4.34. The van der Waals surface area contributed by atoms with Crippen LogP contribution in [0.3, 0.4) is 0 Å². The lowest BCUT2D eigenvalue weighted by molar-refractivity contribution is -0.121. The van der Waals surface area contributed by atoms with E-state index in [2.05, 4.69) is 20.4 Å². The minimum Gasteiger partial charge on any atom is -0.496 e. The maximum atomic E-state index is 12.3. The van der Waals surface area contributed by atoms with Gasteiger partial charge in [0.05, 0.1) is 7.11 Å². The van der Waals surface area contributed by atoms with Gasteiger partial charge in [0, 0.05) is 29.9 Å². The van der Waals surface area contributed by atoms with E-state index in [-0.39, 0.29) is 11.9 Å². The molecule has 0 aliphatic carbocycles. The van der Waals surface area contributed by atoms with E-state index >= 15 is 0 Å². The zero-order valence-corrected chi connectivity index (χ0v) is 15.1. The van der Waals surface area contributed by atoms with Gasteiger partial charge < -0.3 is 15.8 Å². The van der Waals surface area contributed by atoms with Crippen LogP contribution in [-0.2, 0) is 17.8 Å². The van der Waals surface area contributed by atoms with Gasteiger partial charge in [-0.05, 0) is 31.9 Å². The first-order valence-electron chi connectivity index (χ1n) is 8.36. The first-order chi connectivity index (χ1) is 12.5. The predicted octanol–water partition coefficient (Wildman–Crippen LogP) is 1.58. The molecule has 0 aliphatic heterocycles. The van der Waals surface area contributed by atoms with Crippen LogP contribution in [0.25, 0.3) is 5.78 Å². The first-order valence-corrected chi connectivity index (χ1v) is 8.36. The first kappa shape index (κ1) is 17.7. The lowest BCUT2D eigenvalue weighted by atomic mass is 10.1. The summed E-state index contributed by atoms with van der Waals surface area (Å²) in [5, 5.41) is 7.07. The molecule has 1 aromatic carbocycles. The number of nitrogens with zero attached hydrogens (tertiary/aromatic N) is 4. The lowest BCUT2D eigenvalue weighted by Gasteiger charge is -2.11. The highest BCUT2D eigenvalue weighted by Crippen LogP contribution is 2.18. The molecule has 8 heteroatoms. The van der Waals surface area contributed by atoms with Crippen molar-refractivity contribution < 1.29 is 9.53 Å². The number of aromatic nitrogens is 4. The molecule has 26 heavy (non-hydrogen) atoms. The minimum atomic E-state index is -0.0343. The van der Waals surface area contributed by atoms with Crippen molar-refractivity contribution in [1.82, 2.24) is 24.9 Å². The van der Waals surface area contributed by atoms with Gasteiger partial charge in [0.1, 0.15) is 5.75 Å². The molecule has 8 nitrogen and oxygen atoms in total. The number of methoxy groups -OCH3 is 1. The Kier molecular flexibility index (Phi) is 5.01. The average Bonchev–Trinajstić information content (AvgIpc) is 3.00. The molecule has 0 atom stereocenters. The average molecular weight is 354 g/mol. The third-order valence-corrected chi connectivity index (χ3v) is 4.34. The molecule has 1 amide bonds. The van der Waals surface area contributed by atoms with Crippen LogP contribution >= 0.6 is 0 Å². The number of ether oxygens (including phenoxy) is 1. The van der Waals surface area contributed by atoms with Crippen LogP contribution in [0.4, 0.5) is 5.95 Å². The second kappa shape index (κ2) is 7.38. The summed E-state index contributed by atoms with van der Waals surface area (Å²) in [7, 11) is 1.62. The molecule has 0 unspecified atom stereocenters. The normalized spacial score (nSPS) is 10.9. The molecule has 0 aliphatic rings. The van der Waals surface area contributed by atoms with Crippen molar-refractivity contribution in [3.63, 3.8) is 0 Å². The topological polar surface area (TPSA) is 107 Å². The van der Waals surface area contributed by atoms with E-state index in [0.29, 0.717) is 25.2 Å². The number of hydrogen-bond donors (Lipinski definition) is 2. The van der Waals surface area contributed by atoms with E-state index in [0.717, 1.165) is 28.3 Å². The number of benzene rings is 1. The van der Waals surface area contributed by atoms with E-state index < -0.39 is 0 Å². The standard InChI is InChI=1S/C18H22N6O2/c1-11-14(12(2)24-18(21-11)22-17(19)23-24)8-9-16(25)20-10-13-6-4-5-7-15(13)26-3/h4-7H,8-10H2,1-3H3,(H2,19,23)(H,20,25). The number of amides is 1. The van der Waals surface area contributed by atoms with Crippen LogP contribution in [0.5, 0.6) is 5.75 Å². The highest BCUT2D eigenvalue weighted by Gasteiger charge is 2.14. The van der Waals surface area contributed by atoms with E-state index in [9.17, 15) is 4.79 Å². The van der Waals surface area contributed by atoms with Gasteiger partial charge in [0.25, 0.3) is 5.78 Å². The van der Waals surface area contributed by atoms with Crippen molar-refractivity contribution in [1.29, 1.82) is 0 Å². The Morgan fingerprint density at radius 1 is 1.27 bits per heavy atom. The number of aryl methyl sites for hydroxylation is 2. The maximum Gasteiger partial charge on any atom is 0.254 e. The van der Waals surface area contributed by atoms with Crippen molar-refractivity contribution in [2.75, 3.05) is 12.8 Å². The minimum absolute atomic E-state index is 0.0343. The molecule has 0 bridgehead atoms. The summed E-state index contributed by atoms with van der Waals surface area (Å²) in [5.74, 6) is 1.39. The molecule has 2 aromatic heterocycles. The van der Waals surface area contributed by atoms with Crippen molar-refractivity contribution >= 4 is 17.6 Å². The molecular weight excluding hydrogens is 332 g/mol. The Hall–Kier alpha value is -3.16. The van der Waals surface area contributed by atoms with E-state index in [4.69, 9.17) is 10.5 Å². The summed E-state index contributed by atoms with van der Waals surface area (Å²) < 4.78 is 6.91. The smallest absolute Gasteiger partial charge is 0.254 e. The van der Waals surface area contributed by atoms with Crippen LogP contribution in [0, 0.1) is 13.8 Å². The van der Waals surface area contributed by atoms with Gasteiger partial charge in [0.2, 0.25) is 11.9 Å². The number of anilines is 1. The van der Waals surface area contributed by atoms with Crippen LogP contribution in [0.1, 0.15) is 28.9 Å². The number of carbonyl (C=O) groups excluding carboxylic acids is 1. The van der Waals surface area contributed by atoms with Crippen molar-refractivity contribution in [2.24, 2.45) is 0 Å². The number of rotatable bonds is 6. The second-order valence-corrected chi connectivity index (χ2v) is 6.03. The van der Waals surface area contributed by atoms with Crippen molar-refractivity contribution in [2.45, 2.75) is 33.2 Å². The summed E-state index contributed by atoms with van der Waals surface area (Å²) in [6, 6.07) is 7.62. The number of carbonyl (C=O) groups is 1. The monoisotopic (exact) mass is 354 g/mol. The van der Waals surface area contributed by atoms with Gasteiger partial charge in [-0.15, -0.1) is 5.10 Å². The fraction of sp³-hybridized carbons (Fsp3) is 0.333. The summed E-state index contributed by atoms with van der Waals surface area (Å²) in [4.78, 5) is 20.7. The number of nitrogen functional groups attached to an aromatic ring is 1. The second-order valence-electron chi connectivity index (χ2n) is 6.03. The Morgan fingerprint density at radius 3 is 2.81 bits per heavy atom. The summed E-state index contributed by atoms with van der Waals surface area (Å²) in [6.45, 7) is 4.26. The Balaban J connectivity index is 1.65. The van der Waals surface area contributed by atoms with Crippen molar-refractivity contribution in [3.8, 4) is 5.75 Å². The molecule has 3 aromatic rings. The third kappa shape index (κ3) is 3.58. The Morgan fingerprint density at radius 2 is 2.04 bits per heavy atom. The number of nitrogens with two attached hydrogens (primary N) is 1. The molecule has 0 fully saturated rings. The van der Waals surface area contributed by atoms with Gasteiger partial charge in [-0.2, -0.15) is 9.50 Å². The summed E-state index contributed by atoms with van der Waals surface area (Å²) in [5.41, 5.74) is 9.30. The SMILES string of the molecule is COc1ccccc1CNC(=O)CCc1c(C)nc2nc(N)nn2c1C. The number of para-hydroxylation sites is 1. The predicted molar refractivity (Wildman–Crippen MR) is 97.8 cm³/mol. The van der Waals surface area contributed by atoms with Crippen molar-refractivity contribution in [3.05, 3.63) is 46.8 Å². The molecule has 0 saturated carbocycles. The van der Waals surface area contributed by atoms with Crippen LogP contribution < -0.4 is 15.8 Å². The molecule has 0 spiro atoms. The van der Waals surface area contributed by atoms with Gasteiger partial charge in [-0.1, -0.05) is 18.2 Å². The highest BCUT2D eigenvalue weighted by molar-refractivity contribution is 5.76. The lowest BCUT2D eigenvalue weighted by Crippen LogP contribution is -2.23. The molecule has 0 radical (unpaired) electrons. The van der Waals surface area contributed by atoms with Crippen LogP contribution in [0.2, 0.25) is 0 Å². The fourth-order valence-corrected chi connectivity index (χ4v) is 2.96. The number of fused-ring (bicyclic) bond motifs is 1. The quantitative estimate of drug-likeness (QED) is 0.696. The molecule has 0 saturated heterocycles. The molecule has 136 valence electrons. The van der Waals surface area contributed by atoms with Crippen LogP contribution in [-0.4, -0.2) is 32.6 Å². The summed E-state index contributed by atoms with van der Waals surface area (Å²) in [6.07, 6.45) is 0.923. The van der Waals surface area contributed by atoms with Gasteiger partial charge >= 0.3 is 0 Å². The molecular formula is C18H22N6O2. The zero-order chi connectivity index (χ0) is 18.7. The van der Waals surface area contributed by atoms with E-state index in [1.807, 2.05) is 38.1 Å². The van der Waals surface area contributed by atoms with Gasteiger partial charge in [0.15, 0.2) is 0 Å². The molecule has 3 N–H and O–H groups in total. The van der Waals surface area contributed by atoms with E-state index in [1.165, 1.54) is 0 Å². The van der Waals surface area contributed by atoms with Crippen LogP contribution in [0.15, 0.2) is 24.3 Å². The molecule has 2 heterocycles. The molecule has 3 rings (SSSR count).